The molecule has 14 heteroatoms. The molecule has 0 aliphatic heterocycles. The summed E-state index contributed by atoms with van der Waals surface area (Å²) in [6.45, 7) is 15.8. The Morgan fingerprint density at radius 3 is 1.19 bits per heavy atom. The van der Waals surface area contributed by atoms with Gasteiger partial charge in [-0.2, -0.15) is 0 Å². The van der Waals surface area contributed by atoms with Crippen LogP contribution in [0.25, 0.3) is 0 Å². The molecule has 1 unspecified atom stereocenters. The molecule has 2 N–H and O–H groups in total. The number of carbonyl (C=O) groups excluding carboxylic acids is 6. The molecule has 0 fully saturated rings. The van der Waals surface area contributed by atoms with Crippen LogP contribution >= 0.6 is 0 Å². The van der Waals surface area contributed by atoms with E-state index in [2.05, 4.69) is 30.4 Å². The van der Waals surface area contributed by atoms with Crippen LogP contribution in [0.1, 0.15) is 59.8 Å². The van der Waals surface area contributed by atoms with E-state index >= 15 is 0 Å². The number of hydrogen-bond acceptors (Lipinski definition) is 12. The van der Waals surface area contributed by atoms with E-state index in [1.54, 1.807) is 6.92 Å². The third kappa shape index (κ3) is 20.2. The molecule has 0 aromatic heterocycles. The van der Waals surface area contributed by atoms with Crippen LogP contribution in [0.15, 0.2) is 36.5 Å². The molecule has 0 aliphatic carbocycles. The van der Waals surface area contributed by atoms with Crippen LogP contribution in [0, 0.1) is 0 Å². The van der Waals surface area contributed by atoms with Crippen molar-refractivity contribution in [3.8, 4) is 0 Å². The second-order valence-corrected chi connectivity index (χ2v) is 9.50. The Morgan fingerprint density at radius 2 is 0.884 bits per heavy atom. The predicted molar refractivity (Wildman–Crippen MR) is 154 cm³/mol. The zero-order chi connectivity index (χ0) is 32.8. The Labute approximate surface area is 252 Å². The number of carbonyl (C=O) groups is 6. The number of ether oxygens (including phenoxy) is 6. The van der Waals surface area contributed by atoms with E-state index in [0.29, 0.717) is 25.9 Å². The van der Waals surface area contributed by atoms with E-state index in [1.165, 1.54) is 20.8 Å². The molecule has 0 radical (unpaired) electrons. The molecule has 0 rings (SSSR count). The molecule has 2 amide bonds. The summed E-state index contributed by atoms with van der Waals surface area (Å²) in [7, 11) is 0. The van der Waals surface area contributed by atoms with Crippen molar-refractivity contribution in [3.05, 3.63) is 36.5 Å². The minimum atomic E-state index is -1.03. The van der Waals surface area contributed by atoms with Crippen LogP contribution in [0.4, 0.5) is 9.59 Å². The van der Waals surface area contributed by atoms with Crippen molar-refractivity contribution in [2.45, 2.75) is 72.0 Å². The Hall–Kier alpha value is -4.36. The molecule has 242 valence electrons. The maximum absolute atomic E-state index is 12.2. The number of esters is 4. The van der Waals surface area contributed by atoms with Crippen LogP contribution in [-0.4, -0.2) is 87.8 Å². The summed E-state index contributed by atoms with van der Waals surface area (Å²) in [5, 5.41) is 5.15. The second-order valence-electron chi connectivity index (χ2n) is 9.50. The van der Waals surface area contributed by atoms with Gasteiger partial charge in [-0.1, -0.05) is 39.5 Å². The van der Waals surface area contributed by atoms with E-state index < -0.39 is 48.3 Å². The zero-order valence-electron chi connectivity index (χ0n) is 25.5. The third-order valence-corrected chi connectivity index (χ3v) is 5.15. The van der Waals surface area contributed by atoms with Gasteiger partial charge in [0.25, 0.3) is 0 Å². The van der Waals surface area contributed by atoms with Gasteiger partial charge in [0.1, 0.15) is 26.4 Å². The van der Waals surface area contributed by atoms with E-state index in [9.17, 15) is 28.8 Å². The Kier molecular flexibility index (Phi) is 20.0. The van der Waals surface area contributed by atoms with Gasteiger partial charge in [-0.15, -0.1) is 0 Å². The summed E-state index contributed by atoms with van der Waals surface area (Å²) in [4.78, 5) is 70.6. The lowest BCUT2D eigenvalue weighted by Crippen LogP contribution is -2.36. The third-order valence-electron chi connectivity index (χ3n) is 5.15. The van der Waals surface area contributed by atoms with Crippen LogP contribution in [0.3, 0.4) is 0 Å². The largest absolute Gasteiger partial charge is 0.462 e. The first-order valence-electron chi connectivity index (χ1n) is 13.8. The SMILES string of the molecule is C=C(C)C(=O)OCC(COC(=O)CC)OC(=O)NCCCCCCNC(=O)OC(COC(=O)C(=C)C)COC(=O)C(=C)C. The van der Waals surface area contributed by atoms with Crippen LogP contribution < -0.4 is 10.6 Å². The topological polar surface area (TPSA) is 182 Å². The van der Waals surface area contributed by atoms with E-state index in [1.807, 2.05) is 0 Å². The highest BCUT2D eigenvalue weighted by Gasteiger charge is 2.21. The van der Waals surface area contributed by atoms with Gasteiger partial charge in [-0.3, -0.25) is 4.79 Å². The highest BCUT2D eigenvalue weighted by Crippen LogP contribution is 2.04. The summed E-state index contributed by atoms with van der Waals surface area (Å²) in [5.74, 6) is -2.50. The fraction of sp³-hybridized carbons (Fsp3) is 0.586. The van der Waals surface area contributed by atoms with Crippen LogP contribution in [0.5, 0.6) is 0 Å². The summed E-state index contributed by atoms with van der Waals surface area (Å²) < 4.78 is 30.4. The van der Waals surface area contributed by atoms with Gasteiger partial charge in [-0.05, 0) is 33.6 Å². The fourth-order valence-corrected chi connectivity index (χ4v) is 2.77. The molecule has 1 atom stereocenters. The number of hydrogen-bond donors (Lipinski definition) is 2. The summed E-state index contributed by atoms with van der Waals surface area (Å²) in [6, 6.07) is 0. The van der Waals surface area contributed by atoms with Crippen LogP contribution in [0.2, 0.25) is 0 Å². The first kappa shape index (κ1) is 38.6. The van der Waals surface area contributed by atoms with Gasteiger partial charge in [0.2, 0.25) is 0 Å². The maximum atomic E-state index is 12.2. The number of rotatable bonds is 21. The average Bonchev–Trinajstić information content (AvgIpc) is 2.95. The standard InChI is InChI=1S/C29H44N2O12/c1-8-24(32)38-15-22(16-39-25(33)19(2)3)42-28(36)30-13-11-9-10-12-14-31-29(37)43-23(17-40-26(34)20(4)5)18-41-27(35)21(6)7/h22-23H,2,4,6,8-18H2,1,3,5,7H3,(H,30,36)(H,31,37). The normalized spacial score (nSPS) is 10.9. The molecule has 14 nitrogen and oxygen atoms in total. The van der Waals surface area contributed by atoms with Gasteiger partial charge in [-0.25, -0.2) is 24.0 Å². The average molecular weight is 613 g/mol. The number of amides is 2. The van der Waals surface area contributed by atoms with Crippen molar-refractivity contribution in [1.29, 1.82) is 0 Å². The lowest BCUT2D eigenvalue weighted by Gasteiger charge is -2.18. The van der Waals surface area contributed by atoms with Crippen molar-refractivity contribution in [3.63, 3.8) is 0 Å². The quantitative estimate of drug-likeness (QED) is 0.0838. The Bertz CT molecular complexity index is 977. The highest BCUT2D eigenvalue weighted by atomic mass is 16.6. The van der Waals surface area contributed by atoms with Gasteiger partial charge in [0.15, 0.2) is 12.2 Å². The van der Waals surface area contributed by atoms with E-state index in [-0.39, 0.29) is 49.6 Å². The summed E-state index contributed by atoms with van der Waals surface area (Å²) in [5.41, 5.74) is 0.498. The van der Waals surface area contributed by atoms with Gasteiger partial charge < -0.3 is 39.1 Å². The van der Waals surface area contributed by atoms with E-state index in [4.69, 9.17) is 28.4 Å². The number of nitrogens with one attached hydrogen (secondary N) is 2. The molecule has 0 saturated heterocycles. The Balaban J connectivity index is 4.36. The number of alkyl carbamates (subject to hydrolysis) is 2. The maximum Gasteiger partial charge on any atom is 0.407 e. The van der Waals surface area contributed by atoms with E-state index in [0.717, 1.165) is 12.8 Å². The van der Waals surface area contributed by atoms with Gasteiger partial charge in [0.05, 0.1) is 0 Å². The molecule has 0 aromatic carbocycles. The minimum Gasteiger partial charge on any atom is -0.462 e. The lowest BCUT2D eigenvalue weighted by atomic mass is 10.2. The molecule has 0 heterocycles. The van der Waals surface area contributed by atoms with Gasteiger partial charge in [0, 0.05) is 36.2 Å². The molecular weight excluding hydrogens is 568 g/mol. The molecule has 43 heavy (non-hydrogen) atoms. The van der Waals surface area contributed by atoms with Gasteiger partial charge >= 0.3 is 36.1 Å². The molecule has 0 spiro atoms. The second kappa shape index (κ2) is 22.3. The minimum absolute atomic E-state index is 0.141. The Morgan fingerprint density at radius 1 is 0.558 bits per heavy atom. The summed E-state index contributed by atoms with van der Waals surface area (Å²) in [6.07, 6.45) is -0.745. The van der Waals surface area contributed by atoms with Crippen molar-refractivity contribution in [1.82, 2.24) is 10.6 Å². The van der Waals surface area contributed by atoms with Crippen molar-refractivity contribution >= 4 is 36.1 Å². The van der Waals surface area contributed by atoms with Crippen molar-refractivity contribution in [2.75, 3.05) is 39.5 Å². The molecule has 0 aromatic rings. The summed E-state index contributed by atoms with van der Waals surface area (Å²) >= 11 is 0. The highest BCUT2D eigenvalue weighted by molar-refractivity contribution is 5.87. The van der Waals surface area contributed by atoms with Crippen molar-refractivity contribution in [2.24, 2.45) is 0 Å². The van der Waals surface area contributed by atoms with Crippen LogP contribution in [-0.2, 0) is 47.6 Å². The first-order chi connectivity index (χ1) is 20.3. The predicted octanol–water partition coefficient (Wildman–Crippen LogP) is 3.05. The molecular formula is C29H44N2O12. The molecule has 0 aliphatic rings. The molecule has 0 saturated carbocycles. The van der Waals surface area contributed by atoms with Crippen molar-refractivity contribution < 1.29 is 57.2 Å². The molecule has 0 bridgehead atoms. The lowest BCUT2D eigenvalue weighted by molar-refractivity contribution is -0.150. The fourth-order valence-electron chi connectivity index (χ4n) is 2.77. The number of unbranched alkanes of at least 4 members (excludes halogenated alkanes) is 3. The monoisotopic (exact) mass is 612 g/mol. The first-order valence-corrected chi connectivity index (χ1v) is 13.8. The smallest absolute Gasteiger partial charge is 0.407 e. The zero-order valence-corrected chi connectivity index (χ0v) is 25.5.